The number of rotatable bonds is 9. The average molecular weight is 461 g/mol. The van der Waals surface area contributed by atoms with E-state index in [-0.39, 0.29) is 5.82 Å². The zero-order valence-electron chi connectivity index (χ0n) is 19.8. The molecule has 1 saturated heterocycles. The summed E-state index contributed by atoms with van der Waals surface area (Å²) < 4.78 is 15.0. The van der Waals surface area contributed by atoms with Crippen LogP contribution in [-0.2, 0) is 13.0 Å². The summed E-state index contributed by atoms with van der Waals surface area (Å²) in [6.07, 6.45) is 7.73. The van der Waals surface area contributed by atoms with Gasteiger partial charge in [0.05, 0.1) is 6.54 Å². The molecule has 34 heavy (non-hydrogen) atoms. The number of nitrogens with zero attached hydrogens (tertiary/aromatic N) is 5. The van der Waals surface area contributed by atoms with Gasteiger partial charge in [0.1, 0.15) is 18.5 Å². The van der Waals surface area contributed by atoms with Gasteiger partial charge in [0.2, 0.25) is 0 Å². The summed E-state index contributed by atoms with van der Waals surface area (Å²) in [5.74, 6) is 0.257. The fourth-order valence-corrected chi connectivity index (χ4v) is 5.00. The molecule has 7 heteroatoms. The third kappa shape index (κ3) is 5.54. The van der Waals surface area contributed by atoms with Gasteiger partial charge in [0.15, 0.2) is 0 Å². The molecule has 0 radical (unpaired) electrons. The van der Waals surface area contributed by atoms with Crippen LogP contribution in [0, 0.1) is 5.82 Å². The minimum atomic E-state index is -0.163. The van der Waals surface area contributed by atoms with Crippen LogP contribution < -0.4 is 0 Å². The zero-order chi connectivity index (χ0) is 23.3. The molecule has 1 N–H and O–H groups in total. The Morgan fingerprint density at radius 3 is 2.59 bits per heavy atom. The number of aromatic amines is 1. The van der Waals surface area contributed by atoms with Crippen LogP contribution in [0.4, 0.5) is 4.39 Å². The van der Waals surface area contributed by atoms with E-state index in [9.17, 15) is 4.39 Å². The van der Waals surface area contributed by atoms with Crippen molar-refractivity contribution in [1.82, 2.24) is 29.5 Å². The Morgan fingerprint density at radius 1 is 1.03 bits per heavy atom. The minimum absolute atomic E-state index is 0.163. The maximum atomic E-state index is 13.2. The first-order valence-corrected chi connectivity index (χ1v) is 12.3. The van der Waals surface area contributed by atoms with E-state index in [1.807, 2.05) is 16.8 Å². The second kappa shape index (κ2) is 10.5. The molecule has 0 saturated carbocycles. The number of fused-ring (bicyclic) bond motifs is 1. The lowest BCUT2D eigenvalue weighted by molar-refractivity contribution is 0.127. The van der Waals surface area contributed by atoms with Gasteiger partial charge in [-0.2, -0.15) is 5.10 Å². The molecule has 2 aromatic carbocycles. The number of piperazine rings is 1. The van der Waals surface area contributed by atoms with Crippen LogP contribution in [0.25, 0.3) is 10.9 Å². The van der Waals surface area contributed by atoms with Crippen LogP contribution in [0.3, 0.4) is 0 Å². The van der Waals surface area contributed by atoms with Crippen molar-refractivity contribution in [2.75, 3.05) is 39.3 Å². The molecule has 6 nitrogen and oxygen atoms in total. The molecule has 1 aliphatic rings. The Morgan fingerprint density at radius 2 is 1.82 bits per heavy atom. The Balaban J connectivity index is 1.08. The standard InChI is InChI=1S/C27H33FN6/c1-21(23-5-7-25(28)8-6-23)17-33-13-11-32(12-14-33)10-2-3-24-16-30-27-9-4-22(15-26(24)27)18-34-20-29-19-31-34/h4-9,15-16,19-21,30H,2-3,10-14,17-18H2,1H3. The lowest BCUT2D eigenvalue weighted by atomic mass is 10.0. The smallest absolute Gasteiger partial charge is 0.137 e. The summed E-state index contributed by atoms with van der Waals surface area (Å²) in [5.41, 5.74) is 5.04. The molecule has 0 amide bonds. The van der Waals surface area contributed by atoms with Crippen molar-refractivity contribution in [1.29, 1.82) is 0 Å². The molecule has 5 rings (SSSR count). The van der Waals surface area contributed by atoms with Gasteiger partial charge in [-0.3, -0.25) is 0 Å². The van der Waals surface area contributed by atoms with Crippen LogP contribution in [0.5, 0.6) is 0 Å². The molecule has 0 aliphatic carbocycles. The van der Waals surface area contributed by atoms with Crippen LogP contribution in [-0.4, -0.2) is 68.8 Å². The number of hydrogen-bond acceptors (Lipinski definition) is 4. The quantitative estimate of drug-likeness (QED) is 0.405. The molecule has 1 atom stereocenters. The van der Waals surface area contributed by atoms with E-state index < -0.39 is 0 Å². The first-order valence-electron chi connectivity index (χ1n) is 12.3. The third-order valence-electron chi connectivity index (χ3n) is 7.00. The van der Waals surface area contributed by atoms with Crippen molar-refractivity contribution < 1.29 is 4.39 Å². The predicted molar refractivity (Wildman–Crippen MR) is 133 cm³/mol. The largest absolute Gasteiger partial charge is 0.361 e. The van der Waals surface area contributed by atoms with Crippen LogP contribution >= 0.6 is 0 Å². The van der Waals surface area contributed by atoms with Crippen LogP contribution in [0.2, 0.25) is 0 Å². The predicted octanol–water partition coefficient (Wildman–Crippen LogP) is 4.30. The Hall–Kier alpha value is -3.03. The lowest BCUT2D eigenvalue weighted by Gasteiger charge is -2.36. The fraction of sp³-hybridized carbons (Fsp3) is 0.407. The molecule has 2 aromatic heterocycles. The van der Waals surface area contributed by atoms with E-state index in [1.165, 1.54) is 27.6 Å². The molecule has 1 unspecified atom stereocenters. The van der Waals surface area contributed by atoms with Crippen LogP contribution in [0.15, 0.2) is 61.3 Å². The summed E-state index contributed by atoms with van der Waals surface area (Å²) >= 11 is 0. The van der Waals surface area contributed by atoms with Gasteiger partial charge in [0.25, 0.3) is 0 Å². The van der Waals surface area contributed by atoms with Gasteiger partial charge in [-0.05, 0) is 66.3 Å². The third-order valence-corrected chi connectivity index (χ3v) is 7.00. The summed E-state index contributed by atoms with van der Waals surface area (Å²) in [6, 6.07) is 13.6. The number of halogens is 1. The van der Waals surface area contributed by atoms with Gasteiger partial charge in [0, 0.05) is 49.8 Å². The first kappa shape index (κ1) is 22.7. The Bertz CT molecular complexity index is 1180. The summed E-state index contributed by atoms with van der Waals surface area (Å²) in [4.78, 5) is 12.6. The molecule has 4 aromatic rings. The van der Waals surface area contributed by atoms with E-state index in [0.717, 1.165) is 58.7 Å². The number of aromatic nitrogens is 4. The number of H-pyrrole nitrogens is 1. The highest BCUT2D eigenvalue weighted by Gasteiger charge is 2.19. The van der Waals surface area contributed by atoms with E-state index in [2.05, 4.69) is 56.2 Å². The number of aryl methyl sites for hydroxylation is 1. The van der Waals surface area contributed by atoms with Gasteiger partial charge in [-0.25, -0.2) is 14.1 Å². The van der Waals surface area contributed by atoms with Crippen molar-refractivity contribution in [3.63, 3.8) is 0 Å². The number of nitrogens with one attached hydrogen (secondary N) is 1. The summed E-state index contributed by atoms with van der Waals surface area (Å²) in [6.45, 7) is 9.58. The number of benzene rings is 2. The van der Waals surface area contributed by atoms with E-state index in [0.29, 0.717) is 5.92 Å². The van der Waals surface area contributed by atoms with E-state index >= 15 is 0 Å². The van der Waals surface area contributed by atoms with Crippen molar-refractivity contribution >= 4 is 10.9 Å². The lowest BCUT2D eigenvalue weighted by Crippen LogP contribution is -2.47. The SMILES string of the molecule is CC(CN1CCN(CCCc2c[nH]c3ccc(Cn4cncn4)cc23)CC1)c1ccc(F)cc1. The molecule has 3 heterocycles. The minimum Gasteiger partial charge on any atom is -0.361 e. The second-order valence-corrected chi connectivity index (χ2v) is 9.49. The Kier molecular flexibility index (Phi) is 7.02. The molecule has 0 bridgehead atoms. The van der Waals surface area contributed by atoms with Gasteiger partial charge in [-0.1, -0.05) is 25.1 Å². The fourth-order valence-electron chi connectivity index (χ4n) is 5.00. The highest BCUT2D eigenvalue weighted by molar-refractivity contribution is 5.83. The van der Waals surface area contributed by atoms with Crippen molar-refractivity contribution in [3.05, 3.63) is 83.8 Å². The molecular formula is C27H33FN6. The van der Waals surface area contributed by atoms with Crippen LogP contribution in [0.1, 0.15) is 36.0 Å². The van der Waals surface area contributed by atoms with Gasteiger partial charge in [-0.15, -0.1) is 0 Å². The zero-order valence-corrected chi connectivity index (χ0v) is 19.8. The average Bonchev–Trinajstić information content (AvgIpc) is 3.51. The maximum Gasteiger partial charge on any atom is 0.137 e. The molecule has 1 aliphatic heterocycles. The summed E-state index contributed by atoms with van der Waals surface area (Å²) in [7, 11) is 0. The Labute approximate surface area is 200 Å². The first-order chi connectivity index (χ1) is 16.6. The maximum absolute atomic E-state index is 13.2. The van der Waals surface area contributed by atoms with E-state index in [4.69, 9.17) is 0 Å². The molecule has 0 spiro atoms. The summed E-state index contributed by atoms with van der Waals surface area (Å²) in [5, 5.41) is 5.53. The second-order valence-electron chi connectivity index (χ2n) is 9.49. The highest BCUT2D eigenvalue weighted by atomic mass is 19.1. The topological polar surface area (TPSA) is 53.0 Å². The van der Waals surface area contributed by atoms with Crippen molar-refractivity contribution in [2.24, 2.45) is 0 Å². The highest BCUT2D eigenvalue weighted by Crippen LogP contribution is 2.22. The normalized spacial score (nSPS) is 16.3. The van der Waals surface area contributed by atoms with Gasteiger partial charge >= 0.3 is 0 Å². The number of hydrogen-bond donors (Lipinski definition) is 1. The molecule has 1 fully saturated rings. The van der Waals surface area contributed by atoms with Gasteiger partial charge < -0.3 is 14.8 Å². The van der Waals surface area contributed by atoms with E-state index in [1.54, 1.807) is 24.8 Å². The molecule has 178 valence electrons. The molecular weight excluding hydrogens is 427 g/mol. The monoisotopic (exact) mass is 460 g/mol. The van der Waals surface area contributed by atoms with Crippen molar-refractivity contribution in [2.45, 2.75) is 32.2 Å². The van der Waals surface area contributed by atoms with Crippen molar-refractivity contribution in [3.8, 4) is 0 Å².